The van der Waals surface area contributed by atoms with Crippen LogP contribution in [0.2, 0.25) is 0 Å². The third-order valence-corrected chi connectivity index (χ3v) is 3.87. The summed E-state index contributed by atoms with van der Waals surface area (Å²) in [4.78, 5) is 16.1. The van der Waals surface area contributed by atoms with E-state index >= 15 is 0 Å². The Labute approximate surface area is 140 Å². The van der Waals surface area contributed by atoms with Crippen LogP contribution in [0.1, 0.15) is 35.8 Å². The number of imidazole rings is 1. The van der Waals surface area contributed by atoms with Gasteiger partial charge in [-0.3, -0.25) is 10.0 Å². The molecular weight excluding hydrogens is 304 g/mol. The van der Waals surface area contributed by atoms with Crippen LogP contribution < -0.4 is 10.8 Å². The van der Waals surface area contributed by atoms with Crippen molar-refractivity contribution in [2.45, 2.75) is 26.8 Å². The molecule has 1 heterocycles. The van der Waals surface area contributed by atoms with Crippen molar-refractivity contribution in [2.24, 2.45) is 0 Å². The Bertz CT molecular complexity index is 882. The SMILES string of the molecule is Cc1ccc2c(c1)nc(Nc1ccc(C(=O)NO)cc1)n2C(C)C. The number of hydrogen-bond donors (Lipinski definition) is 3. The second kappa shape index (κ2) is 6.33. The number of rotatable bonds is 4. The number of carbonyl (C=O) groups is 1. The van der Waals surface area contributed by atoms with Crippen molar-refractivity contribution in [1.29, 1.82) is 0 Å². The Balaban J connectivity index is 1.97. The number of carbonyl (C=O) groups excluding carboxylic acids is 1. The largest absolute Gasteiger partial charge is 0.326 e. The second-order valence-electron chi connectivity index (χ2n) is 6.03. The lowest BCUT2D eigenvalue weighted by Gasteiger charge is -2.14. The molecule has 0 fully saturated rings. The van der Waals surface area contributed by atoms with E-state index in [1.165, 1.54) is 5.56 Å². The minimum absolute atomic E-state index is 0.250. The molecule has 6 heteroatoms. The van der Waals surface area contributed by atoms with Gasteiger partial charge in [0.05, 0.1) is 11.0 Å². The molecule has 0 saturated heterocycles. The first-order valence-electron chi connectivity index (χ1n) is 7.79. The van der Waals surface area contributed by atoms with Gasteiger partial charge in [-0.1, -0.05) is 6.07 Å². The zero-order valence-corrected chi connectivity index (χ0v) is 13.9. The number of fused-ring (bicyclic) bond motifs is 1. The van der Waals surface area contributed by atoms with Crippen molar-refractivity contribution in [3.63, 3.8) is 0 Å². The van der Waals surface area contributed by atoms with Crippen LogP contribution in [-0.4, -0.2) is 20.7 Å². The van der Waals surface area contributed by atoms with Gasteiger partial charge in [-0.2, -0.15) is 0 Å². The van der Waals surface area contributed by atoms with Crippen molar-refractivity contribution in [2.75, 3.05) is 5.32 Å². The summed E-state index contributed by atoms with van der Waals surface area (Å²) in [5.74, 6) is 0.219. The van der Waals surface area contributed by atoms with E-state index in [9.17, 15) is 4.79 Å². The molecule has 1 amide bonds. The first kappa shape index (κ1) is 16.0. The molecule has 0 unspecified atom stereocenters. The van der Waals surface area contributed by atoms with Gasteiger partial charge in [0.25, 0.3) is 5.91 Å². The summed E-state index contributed by atoms with van der Waals surface area (Å²) in [6.45, 7) is 6.27. The quantitative estimate of drug-likeness (QED) is 0.504. The first-order chi connectivity index (χ1) is 11.5. The lowest BCUT2D eigenvalue weighted by atomic mass is 10.2. The fraction of sp³-hybridized carbons (Fsp3) is 0.222. The third-order valence-electron chi connectivity index (χ3n) is 3.87. The van der Waals surface area contributed by atoms with Gasteiger partial charge in [-0.25, -0.2) is 10.5 Å². The fourth-order valence-corrected chi connectivity index (χ4v) is 2.72. The van der Waals surface area contributed by atoms with Gasteiger partial charge in [0.2, 0.25) is 5.95 Å². The van der Waals surface area contributed by atoms with Crippen LogP contribution in [0.4, 0.5) is 11.6 Å². The Morgan fingerprint density at radius 2 is 1.88 bits per heavy atom. The lowest BCUT2D eigenvalue weighted by Crippen LogP contribution is -2.18. The zero-order chi connectivity index (χ0) is 17.3. The first-order valence-corrected chi connectivity index (χ1v) is 7.79. The highest BCUT2D eigenvalue weighted by molar-refractivity contribution is 5.93. The highest BCUT2D eigenvalue weighted by Gasteiger charge is 2.14. The third kappa shape index (κ3) is 2.96. The number of nitrogens with zero attached hydrogens (tertiary/aromatic N) is 2. The van der Waals surface area contributed by atoms with E-state index in [0.29, 0.717) is 5.56 Å². The van der Waals surface area contributed by atoms with Gasteiger partial charge in [-0.05, 0) is 62.7 Å². The number of hydrogen-bond acceptors (Lipinski definition) is 4. The van der Waals surface area contributed by atoms with Crippen molar-refractivity contribution in [1.82, 2.24) is 15.0 Å². The summed E-state index contributed by atoms with van der Waals surface area (Å²) in [6, 6.07) is 13.3. The van der Waals surface area contributed by atoms with Crippen molar-refractivity contribution in [3.8, 4) is 0 Å². The highest BCUT2D eigenvalue weighted by Crippen LogP contribution is 2.27. The lowest BCUT2D eigenvalue weighted by molar-refractivity contribution is 0.0706. The summed E-state index contributed by atoms with van der Waals surface area (Å²) in [6.07, 6.45) is 0. The molecule has 3 rings (SSSR count). The summed E-state index contributed by atoms with van der Waals surface area (Å²) in [5, 5.41) is 12.0. The van der Waals surface area contributed by atoms with Gasteiger partial charge in [0.15, 0.2) is 0 Å². The molecule has 124 valence electrons. The standard InChI is InChI=1S/C18H20N4O2/c1-11(2)22-16-9-4-12(3)10-15(16)20-18(22)19-14-7-5-13(6-8-14)17(23)21-24/h4-11,24H,1-3H3,(H,19,20)(H,21,23). The maximum atomic E-state index is 11.4. The number of benzene rings is 2. The maximum absolute atomic E-state index is 11.4. The Morgan fingerprint density at radius 1 is 1.17 bits per heavy atom. The molecule has 3 N–H and O–H groups in total. The van der Waals surface area contributed by atoms with Gasteiger partial charge >= 0.3 is 0 Å². The van der Waals surface area contributed by atoms with E-state index in [4.69, 9.17) is 10.2 Å². The number of aryl methyl sites for hydroxylation is 1. The van der Waals surface area contributed by atoms with Crippen LogP contribution in [-0.2, 0) is 0 Å². The van der Waals surface area contributed by atoms with Gasteiger partial charge < -0.3 is 9.88 Å². The smallest absolute Gasteiger partial charge is 0.274 e. The number of anilines is 2. The number of aromatic nitrogens is 2. The molecule has 0 spiro atoms. The number of hydroxylamine groups is 1. The minimum Gasteiger partial charge on any atom is -0.326 e. The summed E-state index contributed by atoms with van der Waals surface area (Å²) >= 11 is 0. The molecule has 24 heavy (non-hydrogen) atoms. The van der Waals surface area contributed by atoms with E-state index in [2.05, 4.69) is 41.9 Å². The molecule has 0 radical (unpaired) electrons. The van der Waals surface area contributed by atoms with Crippen molar-refractivity contribution >= 4 is 28.6 Å². The highest BCUT2D eigenvalue weighted by atomic mass is 16.5. The zero-order valence-electron chi connectivity index (χ0n) is 13.9. The van der Waals surface area contributed by atoms with Crippen LogP contribution in [0.3, 0.4) is 0 Å². The molecule has 3 aromatic rings. The maximum Gasteiger partial charge on any atom is 0.274 e. The second-order valence-corrected chi connectivity index (χ2v) is 6.03. The van der Waals surface area contributed by atoms with Gasteiger partial charge in [0.1, 0.15) is 0 Å². The number of nitrogens with one attached hydrogen (secondary N) is 2. The molecule has 2 aromatic carbocycles. The van der Waals surface area contributed by atoms with E-state index in [0.717, 1.165) is 22.7 Å². The van der Waals surface area contributed by atoms with Crippen molar-refractivity contribution in [3.05, 3.63) is 53.6 Å². The van der Waals surface area contributed by atoms with Crippen LogP contribution in [0.5, 0.6) is 0 Å². The molecule has 0 aliphatic carbocycles. The predicted molar refractivity (Wildman–Crippen MR) is 93.8 cm³/mol. The van der Waals surface area contributed by atoms with Crippen LogP contribution in [0.15, 0.2) is 42.5 Å². The Morgan fingerprint density at radius 3 is 2.50 bits per heavy atom. The summed E-state index contributed by atoms with van der Waals surface area (Å²) in [7, 11) is 0. The molecule has 0 saturated carbocycles. The Kier molecular flexibility index (Phi) is 4.22. The molecular formula is C18H20N4O2. The summed E-state index contributed by atoms with van der Waals surface area (Å²) < 4.78 is 2.14. The molecule has 6 nitrogen and oxygen atoms in total. The normalized spacial score (nSPS) is 11.0. The molecule has 0 aliphatic heterocycles. The topological polar surface area (TPSA) is 79.2 Å². The van der Waals surface area contributed by atoms with E-state index in [-0.39, 0.29) is 6.04 Å². The van der Waals surface area contributed by atoms with Gasteiger partial charge in [0, 0.05) is 17.3 Å². The van der Waals surface area contributed by atoms with E-state index in [1.54, 1.807) is 29.7 Å². The molecule has 1 aromatic heterocycles. The van der Waals surface area contributed by atoms with Crippen molar-refractivity contribution < 1.29 is 10.0 Å². The predicted octanol–water partition coefficient (Wildman–Crippen LogP) is 3.79. The fourth-order valence-electron chi connectivity index (χ4n) is 2.72. The monoisotopic (exact) mass is 324 g/mol. The minimum atomic E-state index is -0.536. The van der Waals surface area contributed by atoms with Crippen LogP contribution >= 0.6 is 0 Å². The van der Waals surface area contributed by atoms with E-state index < -0.39 is 5.91 Å². The van der Waals surface area contributed by atoms with Crippen LogP contribution in [0, 0.1) is 6.92 Å². The Hall–Kier alpha value is -2.86. The molecule has 0 atom stereocenters. The van der Waals surface area contributed by atoms with Crippen LogP contribution in [0.25, 0.3) is 11.0 Å². The summed E-state index contributed by atoms with van der Waals surface area (Å²) in [5.41, 5.74) is 6.02. The van der Waals surface area contributed by atoms with Gasteiger partial charge in [-0.15, -0.1) is 0 Å². The average Bonchev–Trinajstić information content (AvgIpc) is 2.91. The molecule has 0 aliphatic rings. The average molecular weight is 324 g/mol. The number of amides is 1. The van der Waals surface area contributed by atoms with E-state index in [1.807, 2.05) is 6.92 Å². The molecule has 0 bridgehead atoms.